The van der Waals surface area contributed by atoms with Gasteiger partial charge in [0.25, 0.3) is 0 Å². The van der Waals surface area contributed by atoms with E-state index >= 15 is 0 Å². The molecule has 5 aromatic rings. The second kappa shape index (κ2) is 10.3. The molecular formula is C32H26Cl2N2Zr. The molecule has 5 heteroatoms. The number of aryl methyl sites for hydroxylation is 1. The molecule has 2 unspecified atom stereocenters. The number of rotatable bonds is 4. The average molecular weight is 601 g/mol. The smallest absolute Gasteiger partial charge is 1.00 e. The Balaban J connectivity index is 0.00000140. The number of halogens is 2. The quantitative estimate of drug-likeness (QED) is 0.298. The van der Waals surface area contributed by atoms with Gasteiger partial charge >= 0.3 is 219 Å². The van der Waals surface area contributed by atoms with Crippen molar-refractivity contribution in [2.24, 2.45) is 0 Å². The predicted molar refractivity (Wildman–Crippen MR) is 142 cm³/mol. The molecule has 2 atom stereocenters. The van der Waals surface area contributed by atoms with Crippen molar-refractivity contribution in [3.63, 3.8) is 0 Å². The number of aromatic nitrogens is 2. The molecule has 2 aliphatic carbocycles. The van der Waals surface area contributed by atoms with Crippen LogP contribution >= 0.6 is 0 Å². The third-order valence-electron chi connectivity index (χ3n) is 7.72. The molecule has 0 aliphatic heterocycles. The monoisotopic (exact) mass is 598 g/mol. The molecule has 0 amide bonds. The van der Waals surface area contributed by atoms with Crippen molar-refractivity contribution in [1.29, 1.82) is 0 Å². The van der Waals surface area contributed by atoms with E-state index in [0.717, 1.165) is 0 Å². The van der Waals surface area contributed by atoms with Gasteiger partial charge in [0.2, 0.25) is 0 Å². The summed E-state index contributed by atoms with van der Waals surface area (Å²) in [5.41, 5.74) is 11.3. The molecule has 37 heavy (non-hydrogen) atoms. The van der Waals surface area contributed by atoms with Crippen LogP contribution in [-0.2, 0) is 23.2 Å². The van der Waals surface area contributed by atoms with E-state index in [2.05, 4.69) is 132 Å². The first-order valence-electron chi connectivity index (χ1n) is 12.3. The van der Waals surface area contributed by atoms with Crippen molar-refractivity contribution < 1.29 is 48.0 Å². The Morgan fingerprint density at radius 2 is 1.30 bits per heavy atom. The van der Waals surface area contributed by atoms with E-state index in [9.17, 15) is 0 Å². The number of hydrogen-bond acceptors (Lipinski definition) is 0. The zero-order chi connectivity index (χ0) is 23.5. The van der Waals surface area contributed by atoms with E-state index in [0.29, 0.717) is 9.67 Å². The molecule has 0 saturated heterocycles. The minimum absolute atomic E-state index is 0. The van der Waals surface area contributed by atoms with Crippen molar-refractivity contribution in [3.8, 4) is 0 Å². The van der Waals surface area contributed by atoms with Gasteiger partial charge in [-0.1, -0.05) is 0 Å². The number of fused-ring (bicyclic) bond motifs is 3. The molecule has 0 saturated carbocycles. The van der Waals surface area contributed by atoms with Crippen molar-refractivity contribution in [2.45, 2.75) is 23.5 Å². The maximum absolute atomic E-state index is 2.56. The van der Waals surface area contributed by atoms with Gasteiger partial charge in [0.15, 0.2) is 0 Å². The van der Waals surface area contributed by atoms with E-state index in [4.69, 9.17) is 0 Å². The molecule has 7 rings (SSSR count). The Morgan fingerprint density at radius 3 is 2.05 bits per heavy atom. The fourth-order valence-corrected chi connectivity index (χ4v) is 10.4. The molecule has 182 valence electrons. The molecular weight excluding hydrogens is 574 g/mol. The van der Waals surface area contributed by atoms with E-state index in [1.54, 1.807) is 3.28 Å². The Morgan fingerprint density at radius 1 is 0.676 bits per heavy atom. The van der Waals surface area contributed by atoms with Crippen molar-refractivity contribution in [3.05, 3.63) is 134 Å². The third-order valence-corrected chi connectivity index (χ3v) is 11.8. The van der Waals surface area contributed by atoms with Gasteiger partial charge in [-0.15, -0.1) is 0 Å². The molecule has 0 fully saturated rings. The van der Waals surface area contributed by atoms with Crippen LogP contribution in [0.3, 0.4) is 0 Å². The van der Waals surface area contributed by atoms with Crippen molar-refractivity contribution in [1.82, 2.24) is 9.13 Å². The van der Waals surface area contributed by atoms with Gasteiger partial charge in [0, 0.05) is 0 Å². The molecule has 0 bridgehead atoms. The summed E-state index contributed by atoms with van der Waals surface area (Å²) < 4.78 is 7.08. The number of allylic oxidation sites excluding steroid dienone is 2. The van der Waals surface area contributed by atoms with E-state index in [1.165, 1.54) is 50.1 Å². The number of hydrogen-bond donors (Lipinski definition) is 0. The van der Waals surface area contributed by atoms with Crippen LogP contribution in [0.2, 0.25) is 0 Å². The van der Waals surface area contributed by atoms with Crippen molar-refractivity contribution in [2.75, 3.05) is 0 Å². The second-order valence-corrected chi connectivity index (χ2v) is 13.1. The first-order chi connectivity index (χ1) is 17.2. The standard InChI is InChI=1S/C19H16N.C13H10N.2ClH.Zr/c1-13-14(2)20(19-10-6-5-9-18(13)19)17-11-15-7-3-4-8-16(15)12-17;1-2-6-12-11(5-1)7-8-13(12)14-9-3-4-10-14;;;/h3-12H,1-2H3;1-7,9-10,13H;2*1H;/q;;;;+2/p-2. The zero-order valence-corrected chi connectivity index (χ0v) is 24.7. The van der Waals surface area contributed by atoms with Gasteiger partial charge in [-0.05, 0) is 0 Å². The molecule has 2 aromatic heterocycles. The largest absolute Gasteiger partial charge is 1.00 e. The van der Waals surface area contributed by atoms with Crippen LogP contribution in [-0.4, -0.2) is 9.13 Å². The molecule has 2 aliphatic rings. The SMILES string of the molecule is Cc1c(C)n(C2=Cc3ccccc3[CH]2[Zr+2][C]2=Cc3ccccc3C2n2cccc2)c2ccccc12.[Cl-].[Cl-]. The second-order valence-electron chi connectivity index (χ2n) is 9.60. The third kappa shape index (κ3) is 4.13. The molecule has 0 spiro atoms. The first kappa shape index (κ1) is 26.0. The van der Waals surface area contributed by atoms with Crippen LogP contribution in [0.1, 0.15) is 43.2 Å². The number of benzene rings is 3. The van der Waals surface area contributed by atoms with E-state index in [-0.39, 0.29) is 24.8 Å². The summed E-state index contributed by atoms with van der Waals surface area (Å²) in [6, 6.07) is 31.5. The van der Waals surface area contributed by atoms with Gasteiger partial charge in [0.05, 0.1) is 0 Å². The van der Waals surface area contributed by atoms with Crippen LogP contribution in [0.15, 0.2) is 101 Å². The topological polar surface area (TPSA) is 9.86 Å². The molecule has 2 nitrogen and oxygen atoms in total. The summed E-state index contributed by atoms with van der Waals surface area (Å²) in [5, 5.41) is 1.36. The minimum Gasteiger partial charge on any atom is -1.00 e. The van der Waals surface area contributed by atoms with Crippen LogP contribution in [0.25, 0.3) is 28.8 Å². The summed E-state index contributed by atoms with van der Waals surface area (Å²) in [5.74, 6) is 0. The summed E-state index contributed by atoms with van der Waals surface area (Å²) in [4.78, 5) is 0. The van der Waals surface area contributed by atoms with Gasteiger partial charge in [-0.3, -0.25) is 0 Å². The number of nitrogens with zero attached hydrogens (tertiary/aromatic N) is 2. The molecule has 2 heterocycles. The summed E-state index contributed by atoms with van der Waals surface area (Å²) in [6.45, 7) is 4.55. The summed E-state index contributed by atoms with van der Waals surface area (Å²) in [7, 11) is 0. The zero-order valence-electron chi connectivity index (χ0n) is 20.7. The summed E-state index contributed by atoms with van der Waals surface area (Å²) in [6.07, 6.45) is 9.43. The predicted octanol–water partition coefficient (Wildman–Crippen LogP) is 1.85. The van der Waals surface area contributed by atoms with Crippen LogP contribution in [0.5, 0.6) is 0 Å². The van der Waals surface area contributed by atoms with Gasteiger partial charge in [-0.2, -0.15) is 0 Å². The maximum atomic E-state index is 2.56. The molecule has 0 radical (unpaired) electrons. The van der Waals surface area contributed by atoms with Gasteiger partial charge in [-0.25, -0.2) is 0 Å². The van der Waals surface area contributed by atoms with Gasteiger partial charge in [0.1, 0.15) is 0 Å². The van der Waals surface area contributed by atoms with Gasteiger partial charge < -0.3 is 24.8 Å². The number of para-hydroxylation sites is 1. The molecule has 0 N–H and O–H groups in total. The van der Waals surface area contributed by atoms with Crippen LogP contribution in [0, 0.1) is 13.8 Å². The van der Waals surface area contributed by atoms with Crippen LogP contribution in [0.4, 0.5) is 0 Å². The fraction of sp³-hybridized carbons (Fsp3) is 0.125. The Kier molecular flexibility index (Phi) is 7.25. The van der Waals surface area contributed by atoms with Crippen LogP contribution < -0.4 is 24.8 Å². The summed E-state index contributed by atoms with van der Waals surface area (Å²) >= 11 is -1.07. The maximum Gasteiger partial charge on any atom is -1.00 e. The van der Waals surface area contributed by atoms with E-state index in [1.807, 2.05) is 0 Å². The Bertz CT molecular complexity index is 1660. The van der Waals surface area contributed by atoms with Crippen molar-refractivity contribution >= 4 is 28.8 Å². The van der Waals surface area contributed by atoms with E-state index < -0.39 is 23.2 Å². The molecule has 3 aromatic carbocycles. The minimum atomic E-state index is -1.07. The Hall–Kier alpha value is -2.58. The Labute approximate surface area is 242 Å². The first-order valence-corrected chi connectivity index (χ1v) is 14.9. The normalized spacial score (nSPS) is 17.2. The average Bonchev–Trinajstić information content (AvgIpc) is 3.65. The fourth-order valence-electron chi connectivity index (χ4n) is 5.95.